The second-order valence-corrected chi connectivity index (χ2v) is 10.1. The Morgan fingerprint density at radius 3 is 2.79 bits per heavy atom. The van der Waals surface area contributed by atoms with E-state index < -0.39 is 13.3 Å². The smallest absolute Gasteiger partial charge is 0.268 e. The molecule has 0 spiro atoms. The number of allylic oxidation sites excluding steroid dienone is 1. The minimum absolute atomic E-state index is 0.109. The third-order valence-corrected chi connectivity index (χ3v) is 7.90. The molecule has 170 valence electrons. The summed E-state index contributed by atoms with van der Waals surface area (Å²) >= 11 is 6.24. The average Bonchev–Trinajstić information content (AvgIpc) is 3.25. The Morgan fingerprint density at radius 1 is 1.26 bits per heavy atom. The fourth-order valence-electron chi connectivity index (χ4n) is 3.58. The first-order valence-corrected chi connectivity index (χ1v) is 12.1. The second kappa shape index (κ2) is 10.0. The minimum Gasteiger partial charge on any atom is -0.350 e. The van der Waals surface area contributed by atoms with Crippen LogP contribution in [0.1, 0.15) is 21.6 Å². The Morgan fingerprint density at radius 2 is 2.06 bits per heavy atom. The number of fused-ring (bicyclic) bond motifs is 1. The van der Waals surface area contributed by atoms with Crippen LogP contribution in [0, 0.1) is 11.3 Å². The lowest BCUT2D eigenvalue weighted by Gasteiger charge is -2.18. The van der Waals surface area contributed by atoms with Crippen LogP contribution >= 0.6 is 19.0 Å². The standard InChI is InChI=1S/C24H19ClN5O3P/c1-33-34(32,19-6-2-4-16(10-19)5-3-9-26)23-20-11-18(25)7-8-21(20)30-22(23)24(31)29-14-17-12-27-15-28-13-17/h2-8,10-13,15,30H,14H2,1H3,(H,29,31)/b5-3+. The summed E-state index contributed by atoms with van der Waals surface area (Å²) in [5.41, 5.74) is 2.08. The Balaban J connectivity index is 1.85. The van der Waals surface area contributed by atoms with Crippen molar-refractivity contribution >= 4 is 52.5 Å². The molecule has 0 fully saturated rings. The number of halogens is 1. The summed E-state index contributed by atoms with van der Waals surface area (Å²) in [6.07, 6.45) is 7.53. The van der Waals surface area contributed by atoms with Crippen LogP contribution in [0.5, 0.6) is 0 Å². The number of carbonyl (C=O) groups is 1. The van der Waals surface area contributed by atoms with E-state index in [1.165, 1.54) is 19.5 Å². The number of hydrogen-bond donors (Lipinski definition) is 2. The molecule has 2 N–H and O–H groups in total. The van der Waals surface area contributed by atoms with Gasteiger partial charge in [0.05, 0.1) is 11.4 Å². The molecule has 10 heteroatoms. The van der Waals surface area contributed by atoms with Crippen LogP contribution in [0.2, 0.25) is 5.02 Å². The largest absolute Gasteiger partial charge is 0.350 e. The molecule has 8 nitrogen and oxygen atoms in total. The molecule has 0 saturated carbocycles. The van der Waals surface area contributed by atoms with Gasteiger partial charge in [0.25, 0.3) is 13.3 Å². The molecule has 0 saturated heterocycles. The molecule has 0 bridgehead atoms. The van der Waals surface area contributed by atoms with E-state index in [2.05, 4.69) is 20.3 Å². The van der Waals surface area contributed by atoms with Crippen molar-refractivity contribution in [2.75, 3.05) is 7.11 Å². The molecule has 1 unspecified atom stereocenters. The SMILES string of the molecule is COP(=O)(c1cccc(/C=C/C#N)c1)c1c(C(=O)NCc2cncnc2)[nH]c2ccc(Cl)cc12. The molecule has 0 aliphatic rings. The number of carbonyl (C=O) groups excluding carboxylic acids is 1. The lowest BCUT2D eigenvalue weighted by molar-refractivity contribution is 0.0947. The van der Waals surface area contributed by atoms with Crippen molar-refractivity contribution in [3.63, 3.8) is 0 Å². The monoisotopic (exact) mass is 491 g/mol. The van der Waals surface area contributed by atoms with Gasteiger partial charge in [-0.05, 0) is 42.0 Å². The fourth-order valence-corrected chi connectivity index (χ4v) is 5.96. The van der Waals surface area contributed by atoms with Gasteiger partial charge in [0.15, 0.2) is 0 Å². The van der Waals surface area contributed by atoms with Crippen molar-refractivity contribution in [3.8, 4) is 6.07 Å². The molecule has 2 aromatic heterocycles. The summed E-state index contributed by atoms with van der Waals surface area (Å²) in [4.78, 5) is 24.2. The number of hydrogen-bond acceptors (Lipinski definition) is 6. The molecule has 1 amide bonds. The van der Waals surface area contributed by atoms with Crippen molar-refractivity contribution in [3.05, 3.63) is 89.1 Å². The highest BCUT2D eigenvalue weighted by atomic mass is 35.5. The maximum Gasteiger partial charge on any atom is 0.268 e. The van der Waals surface area contributed by atoms with E-state index >= 15 is 0 Å². The number of nitrogens with one attached hydrogen (secondary N) is 2. The van der Waals surface area contributed by atoms with Crippen molar-refractivity contribution in [2.24, 2.45) is 0 Å². The third-order valence-electron chi connectivity index (χ3n) is 5.14. The van der Waals surface area contributed by atoms with Gasteiger partial charge in [0, 0.05) is 58.9 Å². The van der Waals surface area contributed by atoms with Crippen LogP contribution < -0.4 is 15.9 Å². The third kappa shape index (κ3) is 4.63. The van der Waals surface area contributed by atoms with Crippen LogP contribution in [0.4, 0.5) is 0 Å². The predicted molar refractivity (Wildman–Crippen MR) is 131 cm³/mol. The highest BCUT2D eigenvalue weighted by Gasteiger charge is 2.36. The maximum absolute atomic E-state index is 14.4. The molecular formula is C24H19ClN5O3P. The van der Waals surface area contributed by atoms with Gasteiger partial charge < -0.3 is 14.8 Å². The van der Waals surface area contributed by atoms with Crippen molar-refractivity contribution < 1.29 is 13.9 Å². The van der Waals surface area contributed by atoms with Gasteiger partial charge in [0.1, 0.15) is 12.0 Å². The van der Waals surface area contributed by atoms with Crippen LogP contribution in [0.15, 0.2) is 67.3 Å². The normalized spacial score (nSPS) is 13.0. The fraction of sp³-hybridized carbons (Fsp3) is 0.0833. The van der Waals surface area contributed by atoms with E-state index in [1.807, 2.05) is 6.07 Å². The highest BCUT2D eigenvalue weighted by molar-refractivity contribution is 7.75. The van der Waals surface area contributed by atoms with Gasteiger partial charge in [-0.2, -0.15) is 5.26 Å². The van der Waals surface area contributed by atoms with E-state index in [0.717, 1.165) is 0 Å². The highest BCUT2D eigenvalue weighted by Crippen LogP contribution is 2.47. The number of H-pyrrole nitrogens is 1. The van der Waals surface area contributed by atoms with Crippen LogP contribution in [-0.2, 0) is 15.6 Å². The van der Waals surface area contributed by atoms with Gasteiger partial charge in [-0.25, -0.2) is 9.97 Å². The molecule has 2 aromatic carbocycles. The summed E-state index contributed by atoms with van der Waals surface area (Å²) < 4.78 is 20.1. The van der Waals surface area contributed by atoms with Crippen LogP contribution in [0.3, 0.4) is 0 Å². The summed E-state index contributed by atoms with van der Waals surface area (Å²) in [5, 5.41) is 13.2. The Bertz CT molecular complexity index is 1480. The van der Waals surface area contributed by atoms with E-state index in [9.17, 15) is 9.36 Å². The predicted octanol–water partition coefficient (Wildman–Crippen LogP) is 3.95. The van der Waals surface area contributed by atoms with Gasteiger partial charge in [-0.1, -0.05) is 23.7 Å². The zero-order chi connectivity index (χ0) is 24.1. The topological polar surface area (TPSA) is 121 Å². The number of amides is 1. The molecule has 4 rings (SSSR count). The van der Waals surface area contributed by atoms with E-state index in [4.69, 9.17) is 21.4 Å². The van der Waals surface area contributed by atoms with Gasteiger partial charge in [-0.15, -0.1) is 0 Å². The van der Waals surface area contributed by atoms with E-state index in [-0.39, 0.29) is 17.5 Å². The minimum atomic E-state index is -3.76. The number of nitriles is 1. The first kappa shape index (κ1) is 23.4. The Hall–Kier alpha value is -3.76. The van der Waals surface area contributed by atoms with Crippen molar-refractivity contribution in [1.82, 2.24) is 20.3 Å². The quantitative estimate of drug-likeness (QED) is 0.298. The van der Waals surface area contributed by atoms with Crippen molar-refractivity contribution in [1.29, 1.82) is 5.26 Å². The lowest BCUT2D eigenvalue weighted by Crippen LogP contribution is -2.30. The number of aromatic amines is 1. The summed E-state index contributed by atoms with van der Waals surface area (Å²) in [7, 11) is -2.42. The Kier molecular flexibility index (Phi) is 6.90. The van der Waals surface area contributed by atoms with Gasteiger partial charge in [0.2, 0.25) is 0 Å². The summed E-state index contributed by atoms with van der Waals surface area (Å²) in [6, 6.07) is 13.8. The van der Waals surface area contributed by atoms with E-state index in [0.29, 0.717) is 32.4 Å². The second-order valence-electron chi connectivity index (χ2n) is 7.26. The van der Waals surface area contributed by atoms with E-state index in [1.54, 1.807) is 60.9 Å². The zero-order valence-corrected chi connectivity index (χ0v) is 19.7. The van der Waals surface area contributed by atoms with Crippen molar-refractivity contribution in [2.45, 2.75) is 6.54 Å². The average molecular weight is 492 g/mol. The maximum atomic E-state index is 14.4. The number of nitrogens with zero attached hydrogens (tertiary/aromatic N) is 3. The molecule has 0 aliphatic carbocycles. The summed E-state index contributed by atoms with van der Waals surface area (Å²) in [5.74, 6) is -0.469. The van der Waals surface area contributed by atoms with Gasteiger partial charge >= 0.3 is 0 Å². The number of benzene rings is 2. The van der Waals surface area contributed by atoms with Gasteiger partial charge in [-0.3, -0.25) is 9.36 Å². The molecule has 0 aliphatic heterocycles. The molecule has 4 aromatic rings. The summed E-state index contributed by atoms with van der Waals surface area (Å²) in [6.45, 7) is 0.182. The molecule has 34 heavy (non-hydrogen) atoms. The number of rotatable bonds is 7. The molecular weight excluding hydrogens is 473 g/mol. The molecule has 0 radical (unpaired) electrons. The molecule has 2 heterocycles. The number of aromatic nitrogens is 3. The zero-order valence-electron chi connectivity index (χ0n) is 18.0. The molecule has 1 atom stereocenters. The Labute approximate surface area is 200 Å². The van der Waals surface area contributed by atoms with Crippen LogP contribution in [0.25, 0.3) is 17.0 Å². The van der Waals surface area contributed by atoms with Crippen LogP contribution in [-0.4, -0.2) is 28.0 Å². The lowest BCUT2D eigenvalue weighted by atomic mass is 10.2. The first-order valence-electron chi connectivity index (χ1n) is 10.1. The first-order chi connectivity index (χ1) is 16.5.